The molecule has 0 radical (unpaired) electrons. The van der Waals surface area contributed by atoms with E-state index in [0.717, 1.165) is 5.56 Å². The van der Waals surface area contributed by atoms with E-state index >= 15 is 0 Å². The Bertz CT molecular complexity index is 846. The number of rotatable bonds is 5. The Labute approximate surface area is 167 Å². The highest BCUT2D eigenvalue weighted by atomic mass is 16.6. The van der Waals surface area contributed by atoms with Gasteiger partial charge in [-0.05, 0) is 18.9 Å². The largest absolute Gasteiger partial charge is 0.447 e. The van der Waals surface area contributed by atoms with E-state index in [9.17, 15) is 20.1 Å². The molecule has 1 amide bonds. The molecule has 3 N–H and O–H groups in total. The molecule has 0 bridgehead atoms. The lowest BCUT2D eigenvalue weighted by molar-refractivity contribution is -0.243. The number of hydrogen-bond donors (Lipinski definition) is 3. The predicted molar refractivity (Wildman–Crippen MR) is 98.5 cm³/mol. The van der Waals surface area contributed by atoms with Crippen LogP contribution in [0.15, 0.2) is 36.5 Å². The molecule has 1 aromatic heterocycles. The fourth-order valence-corrected chi connectivity index (χ4v) is 3.67. The first kappa shape index (κ1) is 19.8. The van der Waals surface area contributed by atoms with Gasteiger partial charge in [0.2, 0.25) is 0 Å². The molecule has 2 fully saturated rings. The smallest absolute Gasteiger partial charge is 0.410 e. The van der Waals surface area contributed by atoms with Crippen molar-refractivity contribution in [2.45, 2.75) is 56.6 Å². The van der Waals surface area contributed by atoms with Gasteiger partial charge in [0.05, 0.1) is 24.9 Å². The van der Waals surface area contributed by atoms with Gasteiger partial charge in [-0.2, -0.15) is 0 Å². The summed E-state index contributed by atoms with van der Waals surface area (Å²) in [5.41, 5.74) is 1.59. The summed E-state index contributed by atoms with van der Waals surface area (Å²) in [7, 11) is 0. The molecule has 2 aromatic rings. The lowest BCUT2D eigenvalue weighted by atomic mass is 9.99. The maximum Gasteiger partial charge on any atom is 0.410 e. The van der Waals surface area contributed by atoms with Crippen molar-refractivity contribution in [2.75, 3.05) is 6.61 Å². The van der Waals surface area contributed by atoms with E-state index in [-0.39, 0.29) is 12.6 Å². The topological polar surface area (TPSA) is 130 Å². The molecular formula is C19H24N4O6. The van der Waals surface area contributed by atoms with Gasteiger partial charge in [0.25, 0.3) is 0 Å². The zero-order valence-corrected chi connectivity index (χ0v) is 15.9. The molecule has 0 aliphatic carbocycles. The van der Waals surface area contributed by atoms with Crippen molar-refractivity contribution >= 4 is 6.09 Å². The van der Waals surface area contributed by atoms with Crippen LogP contribution >= 0.6 is 0 Å². The minimum atomic E-state index is -1.36. The molecule has 6 atom stereocenters. The van der Waals surface area contributed by atoms with Gasteiger partial charge in [0.1, 0.15) is 30.6 Å². The first-order valence-corrected chi connectivity index (χ1v) is 9.51. The van der Waals surface area contributed by atoms with Crippen LogP contribution in [-0.2, 0) is 22.4 Å². The van der Waals surface area contributed by atoms with Gasteiger partial charge in [-0.3, -0.25) is 4.90 Å². The Kier molecular flexibility index (Phi) is 5.50. The van der Waals surface area contributed by atoms with Gasteiger partial charge in [0.15, 0.2) is 6.23 Å². The fraction of sp³-hybridized carbons (Fsp3) is 0.526. The highest BCUT2D eigenvalue weighted by Crippen LogP contribution is 2.28. The van der Waals surface area contributed by atoms with Crippen LogP contribution in [0.3, 0.4) is 0 Å². The molecule has 0 spiro atoms. The molecule has 0 unspecified atom stereocenters. The molecule has 156 valence electrons. The van der Waals surface area contributed by atoms with E-state index in [0.29, 0.717) is 18.7 Å². The normalized spacial score (nSPS) is 32.4. The summed E-state index contributed by atoms with van der Waals surface area (Å²) in [6, 6.07) is 9.72. The van der Waals surface area contributed by atoms with Gasteiger partial charge in [-0.25, -0.2) is 9.48 Å². The van der Waals surface area contributed by atoms with Crippen LogP contribution in [0, 0.1) is 0 Å². The van der Waals surface area contributed by atoms with Gasteiger partial charge < -0.3 is 24.8 Å². The second kappa shape index (κ2) is 8.07. The van der Waals surface area contributed by atoms with Crippen LogP contribution in [0.5, 0.6) is 0 Å². The number of cyclic esters (lactones) is 1. The van der Waals surface area contributed by atoms with Crippen LogP contribution in [0.4, 0.5) is 4.79 Å². The first-order chi connectivity index (χ1) is 13.9. The first-order valence-electron chi connectivity index (χ1n) is 9.51. The van der Waals surface area contributed by atoms with Crippen LogP contribution in [0.2, 0.25) is 0 Å². The standard InChI is InChI=1S/C19H24N4O6/c1-11-15(24)16(25)17(26)18(29-11)23-9-13(20-21-23)8-22-14(10-28-19(22)27)7-12-5-3-2-4-6-12/h2-6,9,11,14-18,24-26H,7-8,10H2,1H3/t11-,14+,15-,16+,17+,18+/m0/s1. The van der Waals surface area contributed by atoms with Crippen molar-refractivity contribution in [3.63, 3.8) is 0 Å². The highest BCUT2D eigenvalue weighted by molar-refractivity contribution is 5.70. The molecule has 10 heteroatoms. The number of aromatic nitrogens is 3. The molecule has 3 heterocycles. The summed E-state index contributed by atoms with van der Waals surface area (Å²) in [5.74, 6) is 0. The maximum absolute atomic E-state index is 12.2. The monoisotopic (exact) mass is 404 g/mol. The molecule has 4 rings (SSSR count). The predicted octanol–water partition coefficient (Wildman–Crippen LogP) is -0.158. The van der Waals surface area contributed by atoms with Crippen LogP contribution in [0.25, 0.3) is 0 Å². The van der Waals surface area contributed by atoms with Gasteiger partial charge in [-0.1, -0.05) is 35.5 Å². The molecule has 2 aliphatic rings. The SMILES string of the molecule is C[C@@H]1O[C@@H](n2cc(CN3C(=O)OC[C@H]3Cc3ccccc3)nn2)[C@H](O)[C@H](O)[C@H]1O. The summed E-state index contributed by atoms with van der Waals surface area (Å²) < 4.78 is 12.1. The summed E-state index contributed by atoms with van der Waals surface area (Å²) in [5, 5.41) is 38.0. The van der Waals surface area contributed by atoms with Crippen molar-refractivity contribution in [2.24, 2.45) is 0 Å². The van der Waals surface area contributed by atoms with Crippen LogP contribution in [-0.4, -0.2) is 78.4 Å². The molecule has 10 nitrogen and oxygen atoms in total. The zero-order valence-electron chi connectivity index (χ0n) is 15.9. The zero-order chi connectivity index (χ0) is 20.5. The van der Waals surface area contributed by atoms with Gasteiger partial charge >= 0.3 is 6.09 Å². The van der Waals surface area contributed by atoms with Crippen LogP contribution in [0.1, 0.15) is 24.4 Å². The van der Waals surface area contributed by atoms with E-state index in [4.69, 9.17) is 9.47 Å². The Morgan fingerprint density at radius 3 is 2.66 bits per heavy atom. The quantitative estimate of drug-likeness (QED) is 0.627. The molecule has 29 heavy (non-hydrogen) atoms. The number of carbonyl (C=O) groups is 1. The number of carbonyl (C=O) groups excluding carboxylic acids is 1. The fourth-order valence-electron chi connectivity index (χ4n) is 3.67. The second-order valence-corrected chi connectivity index (χ2v) is 7.44. The van der Waals surface area contributed by atoms with Crippen molar-refractivity contribution in [1.82, 2.24) is 19.9 Å². The minimum absolute atomic E-state index is 0.122. The van der Waals surface area contributed by atoms with Crippen molar-refractivity contribution < 1.29 is 29.6 Å². The van der Waals surface area contributed by atoms with Gasteiger partial charge in [0, 0.05) is 0 Å². The van der Waals surface area contributed by atoms with Gasteiger partial charge in [-0.15, -0.1) is 5.10 Å². The Balaban J connectivity index is 1.46. The third-order valence-electron chi connectivity index (χ3n) is 5.37. The third kappa shape index (κ3) is 3.97. The highest BCUT2D eigenvalue weighted by Gasteiger charge is 2.43. The number of amides is 1. The summed E-state index contributed by atoms with van der Waals surface area (Å²) in [4.78, 5) is 13.8. The maximum atomic E-state index is 12.2. The van der Waals surface area contributed by atoms with Crippen molar-refractivity contribution in [3.05, 3.63) is 47.8 Å². The Morgan fingerprint density at radius 1 is 1.14 bits per heavy atom. The Hall–Kier alpha value is -2.53. The number of aliphatic hydroxyl groups is 3. The lowest BCUT2D eigenvalue weighted by Crippen LogP contribution is -2.54. The van der Waals surface area contributed by atoms with E-state index in [1.807, 2.05) is 30.3 Å². The molecule has 1 aromatic carbocycles. The molecule has 2 aliphatic heterocycles. The minimum Gasteiger partial charge on any atom is -0.447 e. The Morgan fingerprint density at radius 2 is 1.90 bits per heavy atom. The number of ether oxygens (including phenoxy) is 2. The van der Waals surface area contributed by atoms with E-state index in [1.54, 1.807) is 18.0 Å². The molecule has 0 saturated carbocycles. The molecule has 2 saturated heterocycles. The number of hydrogen-bond acceptors (Lipinski definition) is 8. The van der Waals surface area contributed by atoms with Crippen molar-refractivity contribution in [3.8, 4) is 0 Å². The third-order valence-corrected chi connectivity index (χ3v) is 5.37. The molecular weight excluding hydrogens is 380 g/mol. The summed E-state index contributed by atoms with van der Waals surface area (Å²) >= 11 is 0. The number of benzene rings is 1. The van der Waals surface area contributed by atoms with E-state index in [2.05, 4.69) is 10.3 Å². The van der Waals surface area contributed by atoms with Crippen LogP contribution < -0.4 is 0 Å². The summed E-state index contributed by atoms with van der Waals surface area (Å²) in [6.07, 6.45) is -3.80. The average molecular weight is 404 g/mol. The van der Waals surface area contributed by atoms with E-state index in [1.165, 1.54) is 4.68 Å². The summed E-state index contributed by atoms with van der Waals surface area (Å²) in [6.45, 7) is 2.09. The van der Waals surface area contributed by atoms with Crippen molar-refractivity contribution in [1.29, 1.82) is 0 Å². The second-order valence-electron chi connectivity index (χ2n) is 7.44. The average Bonchev–Trinajstić information content (AvgIpc) is 3.32. The lowest BCUT2D eigenvalue weighted by Gasteiger charge is -2.38. The number of nitrogens with zero attached hydrogens (tertiary/aromatic N) is 4. The van der Waals surface area contributed by atoms with E-state index < -0.39 is 36.7 Å². The number of aliphatic hydroxyl groups excluding tert-OH is 3.